The largest absolute Gasteiger partial charge is 0.474 e. The van der Waals surface area contributed by atoms with Crippen LogP contribution in [0.5, 0.6) is 0 Å². The van der Waals surface area contributed by atoms with Crippen molar-refractivity contribution in [2.24, 2.45) is 0 Å². The van der Waals surface area contributed by atoms with Gasteiger partial charge in [0.05, 0.1) is 13.7 Å². The van der Waals surface area contributed by atoms with Crippen LogP contribution in [0.2, 0.25) is 0 Å². The van der Waals surface area contributed by atoms with Gasteiger partial charge in [-0.3, -0.25) is 9.59 Å². The Hall–Kier alpha value is -3.19. The van der Waals surface area contributed by atoms with Gasteiger partial charge in [-0.15, -0.1) is 0 Å². The number of esters is 1. The third-order valence-corrected chi connectivity index (χ3v) is 4.11. The average molecular weight is 317 g/mol. The standard InChI is InChI=1S/C20H15NO3/c1-11-5-7-13-15(9-11)19(22)16-10-12(2)6-8-14(16)17(13)18(21-3)20(23)24-4/h5-10H,1-2,4H3. The molecule has 1 aliphatic carbocycles. The molecule has 0 aliphatic heterocycles. The Labute approximate surface area is 140 Å². The number of aryl methyl sites for hydroxylation is 2. The molecule has 0 saturated carbocycles. The molecule has 0 heterocycles. The lowest BCUT2D eigenvalue weighted by Gasteiger charge is -2.23. The highest BCUT2D eigenvalue weighted by atomic mass is 16.5. The third-order valence-electron chi connectivity index (χ3n) is 4.11. The Morgan fingerprint density at radius 2 is 1.46 bits per heavy atom. The second-order valence-electron chi connectivity index (χ2n) is 5.75. The molecule has 24 heavy (non-hydrogen) atoms. The number of ether oxygens (including phenoxy) is 1. The van der Waals surface area contributed by atoms with Crippen LogP contribution in [0.1, 0.15) is 38.2 Å². The number of rotatable bonds is 1. The summed E-state index contributed by atoms with van der Waals surface area (Å²) in [6.07, 6.45) is 0. The molecule has 0 fully saturated rings. The van der Waals surface area contributed by atoms with Crippen molar-refractivity contribution in [1.29, 1.82) is 0 Å². The predicted octanol–water partition coefficient (Wildman–Crippen LogP) is 3.70. The Bertz CT molecular complexity index is 904. The highest BCUT2D eigenvalue weighted by Gasteiger charge is 2.31. The van der Waals surface area contributed by atoms with Crippen molar-refractivity contribution in [3.8, 4) is 0 Å². The lowest BCUT2D eigenvalue weighted by molar-refractivity contribution is -0.135. The SMILES string of the molecule is [C-]#[N+]C(C(=O)OC)=C1c2ccc(C)cc2C(=O)c2cc(C)ccc21. The summed E-state index contributed by atoms with van der Waals surface area (Å²) >= 11 is 0. The zero-order valence-corrected chi connectivity index (χ0v) is 13.6. The number of methoxy groups -OCH3 is 1. The molecular formula is C20H15NO3. The number of hydrogen-bond acceptors (Lipinski definition) is 3. The molecule has 2 aromatic rings. The van der Waals surface area contributed by atoms with E-state index in [1.807, 2.05) is 26.0 Å². The van der Waals surface area contributed by atoms with Gasteiger partial charge in [-0.1, -0.05) is 35.4 Å². The lowest BCUT2D eigenvalue weighted by Crippen LogP contribution is -2.17. The summed E-state index contributed by atoms with van der Waals surface area (Å²) in [5.41, 5.74) is 4.44. The number of nitrogens with zero attached hydrogens (tertiary/aromatic N) is 1. The van der Waals surface area contributed by atoms with E-state index in [1.165, 1.54) is 7.11 Å². The molecule has 0 radical (unpaired) electrons. The van der Waals surface area contributed by atoms with Crippen LogP contribution in [-0.2, 0) is 9.53 Å². The molecule has 1 aliphatic rings. The quantitative estimate of drug-likeness (QED) is 0.390. The van der Waals surface area contributed by atoms with Crippen molar-refractivity contribution < 1.29 is 14.3 Å². The highest BCUT2D eigenvalue weighted by Crippen LogP contribution is 2.39. The first kappa shape index (κ1) is 15.7. The van der Waals surface area contributed by atoms with E-state index in [2.05, 4.69) is 4.85 Å². The minimum absolute atomic E-state index is 0.0923. The van der Waals surface area contributed by atoms with E-state index in [0.29, 0.717) is 27.8 Å². The van der Waals surface area contributed by atoms with Crippen LogP contribution in [0, 0.1) is 20.4 Å². The number of fused-ring (bicyclic) bond motifs is 2. The molecule has 0 bridgehead atoms. The van der Waals surface area contributed by atoms with Crippen LogP contribution >= 0.6 is 0 Å². The second-order valence-corrected chi connectivity index (χ2v) is 5.75. The van der Waals surface area contributed by atoms with Gasteiger partial charge in [-0.25, -0.2) is 4.85 Å². The van der Waals surface area contributed by atoms with Crippen molar-refractivity contribution >= 4 is 17.3 Å². The summed E-state index contributed by atoms with van der Waals surface area (Å²) in [4.78, 5) is 28.4. The van der Waals surface area contributed by atoms with Crippen LogP contribution in [0.25, 0.3) is 10.4 Å². The molecule has 0 aromatic heterocycles. The topological polar surface area (TPSA) is 47.7 Å². The third kappa shape index (κ3) is 2.31. The van der Waals surface area contributed by atoms with E-state index >= 15 is 0 Å². The minimum Gasteiger partial charge on any atom is -0.474 e. The molecule has 2 aromatic carbocycles. The van der Waals surface area contributed by atoms with Crippen molar-refractivity contribution in [2.75, 3.05) is 7.11 Å². The molecule has 4 heteroatoms. The van der Waals surface area contributed by atoms with Gasteiger partial charge in [0.15, 0.2) is 5.78 Å². The Kier molecular flexibility index (Phi) is 3.78. The molecule has 3 rings (SSSR count). The van der Waals surface area contributed by atoms with Crippen molar-refractivity contribution in [2.45, 2.75) is 13.8 Å². The van der Waals surface area contributed by atoms with E-state index in [4.69, 9.17) is 11.3 Å². The van der Waals surface area contributed by atoms with Gasteiger partial charge < -0.3 is 4.74 Å². The van der Waals surface area contributed by atoms with E-state index < -0.39 is 5.97 Å². The predicted molar refractivity (Wildman–Crippen MR) is 90.4 cm³/mol. The molecule has 0 saturated heterocycles. The van der Waals surface area contributed by atoms with E-state index in [9.17, 15) is 9.59 Å². The number of carbonyl (C=O) groups is 2. The van der Waals surface area contributed by atoms with Gasteiger partial charge in [-0.05, 0) is 37.1 Å². The maximum Gasteiger partial charge on any atom is 0.336 e. The van der Waals surface area contributed by atoms with Gasteiger partial charge in [0.2, 0.25) is 0 Å². The average Bonchev–Trinajstić information content (AvgIpc) is 2.58. The number of hydrogen-bond donors (Lipinski definition) is 0. The van der Waals surface area contributed by atoms with Crippen molar-refractivity contribution in [3.05, 3.63) is 86.9 Å². The summed E-state index contributed by atoms with van der Waals surface area (Å²) in [5, 5.41) is 0. The monoisotopic (exact) mass is 317 g/mol. The van der Waals surface area contributed by atoms with Crippen LogP contribution in [-0.4, -0.2) is 18.9 Å². The molecule has 0 spiro atoms. The smallest absolute Gasteiger partial charge is 0.336 e. The maximum atomic E-state index is 12.9. The molecule has 0 unspecified atom stereocenters. The van der Waals surface area contributed by atoms with E-state index in [1.54, 1.807) is 24.3 Å². The number of carbonyl (C=O) groups excluding carboxylic acids is 2. The Morgan fingerprint density at radius 1 is 0.958 bits per heavy atom. The molecule has 118 valence electrons. The van der Waals surface area contributed by atoms with Crippen molar-refractivity contribution in [1.82, 2.24) is 0 Å². The lowest BCUT2D eigenvalue weighted by atomic mass is 9.79. The van der Waals surface area contributed by atoms with Crippen LogP contribution < -0.4 is 0 Å². The molecule has 0 N–H and O–H groups in total. The Balaban J connectivity index is 2.46. The van der Waals surface area contributed by atoms with Gasteiger partial charge >= 0.3 is 5.97 Å². The first-order valence-corrected chi connectivity index (χ1v) is 7.44. The second kappa shape index (κ2) is 5.78. The summed E-state index contributed by atoms with van der Waals surface area (Å²) in [7, 11) is 1.24. The first-order valence-electron chi connectivity index (χ1n) is 7.44. The zero-order chi connectivity index (χ0) is 17.4. The number of ketones is 1. The van der Waals surface area contributed by atoms with E-state index in [0.717, 1.165) is 11.1 Å². The first-order chi connectivity index (χ1) is 11.5. The molecule has 4 nitrogen and oxygen atoms in total. The summed E-state index contributed by atoms with van der Waals surface area (Å²) in [5.74, 6) is -0.794. The summed E-state index contributed by atoms with van der Waals surface area (Å²) in [6.45, 7) is 11.2. The van der Waals surface area contributed by atoms with Crippen LogP contribution in [0.3, 0.4) is 0 Å². The zero-order valence-electron chi connectivity index (χ0n) is 13.6. The molecule has 0 amide bonds. The van der Waals surface area contributed by atoms with Gasteiger partial charge in [-0.2, -0.15) is 0 Å². The summed E-state index contributed by atoms with van der Waals surface area (Å²) < 4.78 is 4.77. The fourth-order valence-corrected chi connectivity index (χ4v) is 2.97. The van der Waals surface area contributed by atoms with Gasteiger partial charge in [0.1, 0.15) is 0 Å². The van der Waals surface area contributed by atoms with Gasteiger partial charge in [0, 0.05) is 16.7 Å². The van der Waals surface area contributed by atoms with Gasteiger partial charge in [0.25, 0.3) is 5.70 Å². The fourth-order valence-electron chi connectivity index (χ4n) is 2.97. The maximum absolute atomic E-state index is 12.9. The molecular weight excluding hydrogens is 302 g/mol. The Morgan fingerprint density at radius 3 is 1.88 bits per heavy atom. The normalized spacial score (nSPS) is 12.1. The van der Waals surface area contributed by atoms with Crippen LogP contribution in [0.15, 0.2) is 42.1 Å². The highest BCUT2D eigenvalue weighted by molar-refractivity contribution is 6.21. The van der Waals surface area contributed by atoms with E-state index in [-0.39, 0.29) is 11.5 Å². The molecule has 0 atom stereocenters. The van der Waals surface area contributed by atoms with Crippen molar-refractivity contribution in [3.63, 3.8) is 0 Å². The summed E-state index contributed by atoms with van der Waals surface area (Å²) in [6, 6.07) is 10.9. The fraction of sp³-hybridized carbons (Fsp3) is 0.150. The van der Waals surface area contributed by atoms with Crippen LogP contribution in [0.4, 0.5) is 0 Å². The minimum atomic E-state index is -0.701. The number of benzene rings is 2.